The number of halogens is 4. The fourth-order valence-electron chi connectivity index (χ4n) is 1.06. The van der Waals surface area contributed by atoms with Gasteiger partial charge in [-0.25, -0.2) is 0 Å². The van der Waals surface area contributed by atoms with E-state index in [0.717, 1.165) is 26.0 Å². The van der Waals surface area contributed by atoms with Crippen LogP contribution >= 0.6 is 20.6 Å². The zero-order valence-corrected chi connectivity index (χ0v) is 12.1. The third-order valence-corrected chi connectivity index (χ3v) is 5.42. The van der Waals surface area contributed by atoms with Crippen LogP contribution in [0.3, 0.4) is 0 Å². The molecule has 0 aliphatic carbocycles. The summed E-state index contributed by atoms with van der Waals surface area (Å²) in [5.74, 6) is -1.41. The Balaban J connectivity index is 3.08. The van der Waals surface area contributed by atoms with E-state index in [4.69, 9.17) is 6.13 Å². The second-order valence-electron chi connectivity index (χ2n) is 3.36. The Morgan fingerprint density at radius 2 is 1.63 bits per heavy atom. The summed E-state index contributed by atoms with van der Waals surface area (Å²) in [4.78, 5) is 21.8. The van der Waals surface area contributed by atoms with Crippen molar-refractivity contribution in [3.8, 4) is 0 Å². The molecule has 0 atom stereocenters. The first-order chi connectivity index (χ1) is 8.70. The third-order valence-electron chi connectivity index (χ3n) is 1.69. The maximum absolute atomic E-state index is 12.6. The molecule has 8 heteroatoms. The van der Waals surface area contributed by atoms with Gasteiger partial charge in [0.25, 0.3) is 0 Å². The Morgan fingerprint density at radius 1 is 1.11 bits per heavy atom. The molecule has 19 heavy (non-hydrogen) atoms. The fourth-order valence-corrected chi connectivity index (χ4v) is 3.88. The van der Waals surface area contributed by atoms with Gasteiger partial charge in [0.2, 0.25) is 0 Å². The van der Waals surface area contributed by atoms with Crippen LogP contribution in [0, 0.1) is 3.57 Å². The van der Waals surface area contributed by atoms with Crippen LogP contribution in [-0.2, 0) is 21.9 Å². The van der Waals surface area contributed by atoms with Gasteiger partial charge in [0.05, 0.1) is 0 Å². The second-order valence-corrected chi connectivity index (χ2v) is 6.73. The standard InChI is InChI=1S/C11H10F3IO4/c1-7(16)18-15(19-8(2)17)10-5-3-4-9(6-10)11(12,13)14/h3-6H,1-2H3. The summed E-state index contributed by atoms with van der Waals surface area (Å²) >= 11 is -3.20. The van der Waals surface area contributed by atoms with Gasteiger partial charge in [0.15, 0.2) is 0 Å². The van der Waals surface area contributed by atoms with E-state index in [1.54, 1.807) is 0 Å². The first-order valence-corrected chi connectivity index (χ1v) is 7.79. The van der Waals surface area contributed by atoms with E-state index in [2.05, 4.69) is 0 Å². The van der Waals surface area contributed by atoms with Crippen LogP contribution in [0.4, 0.5) is 13.2 Å². The molecule has 0 saturated carbocycles. The van der Waals surface area contributed by atoms with E-state index >= 15 is 0 Å². The molecule has 0 heterocycles. The molecular weight excluding hydrogens is 380 g/mol. The number of hydrogen-bond donors (Lipinski definition) is 0. The average molecular weight is 390 g/mol. The van der Waals surface area contributed by atoms with E-state index in [1.807, 2.05) is 0 Å². The second kappa shape index (κ2) is 6.22. The molecule has 1 aromatic carbocycles. The zero-order valence-electron chi connectivity index (χ0n) is 9.95. The average Bonchev–Trinajstić information content (AvgIpc) is 2.26. The summed E-state index contributed by atoms with van der Waals surface area (Å²) in [6.45, 7) is 2.20. The number of carbonyl (C=O) groups excluding carboxylic acids is 2. The van der Waals surface area contributed by atoms with Crippen molar-refractivity contribution in [2.75, 3.05) is 0 Å². The topological polar surface area (TPSA) is 52.6 Å². The van der Waals surface area contributed by atoms with Crippen molar-refractivity contribution in [1.82, 2.24) is 0 Å². The molecule has 1 aromatic rings. The number of rotatable bonds is 3. The van der Waals surface area contributed by atoms with E-state index in [0.29, 0.717) is 0 Å². The van der Waals surface area contributed by atoms with Crippen LogP contribution in [-0.4, -0.2) is 11.9 Å². The van der Waals surface area contributed by atoms with Crippen LogP contribution in [0.2, 0.25) is 0 Å². The van der Waals surface area contributed by atoms with E-state index in [9.17, 15) is 22.8 Å². The van der Waals surface area contributed by atoms with Gasteiger partial charge in [0.1, 0.15) is 0 Å². The number of alkyl halides is 3. The third kappa shape index (κ3) is 5.05. The van der Waals surface area contributed by atoms with Gasteiger partial charge in [-0.15, -0.1) is 0 Å². The first kappa shape index (κ1) is 15.7. The van der Waals surface area contributed by atoms with Gasteiger partial charge in [0, 0.05) is 0 Å². The van der Waals surface area contributed by atoms with Crippen LogP contribution in [0.15, 0.2) is 24.3 Å². The van der Waals surface area contributed by atoms with Gasteiger partial charge < -0.3 is 0 Å². The fraction of sp³-hybridized carbons (Fsp3) is 0.273. The van der Waals surface area contributed by atoms with Gasteiger partial charge in [-0.1, -0.05) is 0 Å². The van der Waals surface area contributed by atoms with Gasteiger partial charge in [-0.3, -0.25) is 0 Å². The minimum absolute atomic E-state index is 0.0874. The molecule has 0 aromatic heterocycles. The molecular formula is C11H10F3IO4. The first-order valence-electron chi connectivity index (χ1n) is 4.95. The van der Waals surface area contributed by atoms with Gasteiger partial charge in [-0.05, 0) is 0 Å². The Morgan fingerprint density at radius 3 is 2.05 bits per heavy atom. The molecule has 0 radical (unpaired) electrons. The monoisotopic (exact) mass is 390 g/mol. The molecule has 106 valence electrons. The summed E-state index contributed by atoms with van der Waals surface area (Å²) in [7, 11) is 0. The molecule has 0 unspecified atom stereocenters. The molecule has 4 nitrogen and oxygen atoms in total. The minimum atomic E-state index is -4.51. The molecule has 0 amide bonds. The van der Waals surface area contributed by atoms with Gasteiger partial charge in [-0.2, -0.15) is 0 Å². The van der Waals surface area contributed by atoms with Crippen LogP contribution in [0.5, 0.6) is 0 Å². The van der Waals surface area contributed by atoms with Crippen molar-refractivity contribution in [2.45, 2.75) is 20.0 Å². The van der Waals surface area contributed by atoms with Crippen molar-refractivity contribution < 1.29 is 28.9 Å². The summed E-state index contributed by atoms with van der Waals surface area (Å²) in [5.41, 5.74) is -0.883. The molecule has 0 aliphatic heterocycles. The summed E-state index contributed by atoms with van der Waals surface area (Å²) < 4.78 is 47.4. The zero-order chi connectivity index (χ0) is 14.6. The predicted octanol–water partition coefficient (Wildman–Crippen LogP) is 3.34. The van der Waals surface area contributed by atoms with Crippen molar-refractivity contribution in [3.05, 3.63) is 33.4 Å². The van der Waals surface area contributed by atoms with Crippen molar-refractivity contribution >= 4 is 32.6 Å². The Labute approximate surface area is 115 Å². The van der Waals surface area contributed by atoms with Crippen molar-refractivity contribution in [3.63, 3.8) is 0 Å². The van der Waals surface area contributed by atoms with Crippen LogP contribution in [0.25, 0.3) is 0 Å². The number of hydrogen-bond acceptors (Lipinski definition) is 4. The Hall–Kier alpha value is -1.32. The van der Waals surface area contributed by atoms with E-state index < -0.39 is 44.3 Å². The van der Waals surface area contributed by atoms with E-state index in [-0.39, 0.29) is 3.57 Å². The molecule has 0 bridgehead atoms. The quantitative estimate of drug-likeness (QED) is 0.744. The molecule has 0 saturated heterocycles. The van der Waals surface area contributed by atoms with Gasteiger partial charge >= 0.3 is 115 Å². The summed E-state index contributed by atoms with van der Waals surface area (Å²) in [6, 6.07) is 4.23. The number of benzene rings is 1. The molecule has 0 N–H and O–H groups in total. The molecule has 1 rings (SSSR count). The summed E-state index contributed by atoms with van der Waals surface area (Å²) in [5, 5.41) is 0. The molecule has 0 aliphatic rings. The molecule has 0 fully saturated rings. The maximum atomic E-state index is 12.6. The van der Waals surface area contributed by atoms with Crippen LogP contribution < -0.4 is 0 Å². The Bertz CT molecular complexity index is 471. The summed E-state index contributed by atoms with van der Waals surface area (Å²) in [6.07, 6.45) is -4.51. The Kier molecular flexibility index (Phi) is 5.15. The predicted molar refractivity (Wildman–Crippen MR) is 67.7 cm³/mol. The SMILES string of the molecule is CC(=O)OI(OC(C)=O)c1cccc(C(F)(F)F)c1. The van der Waals surface area contributed by atoms with Crippen molar-refractivity contribution in [1.29, 1.82) is 0 Å². The van der Waals surface area contributed by atoms with Crippen molar-refractivity contribution in [2.24, 2.45) is 0 Å². The number of carbonyl (C=O) groups is 2. The normalized spacial score (nSPS) is 11.7. The van der Waals surface area contributed by atoms with E-state index in [1.165, 1.54) is 12.1 Å². The molecule has 0 spiro atoms. The van der Waals surface area contributed by atoms with Crippen LogP contribution in [0.1, 0.15) is 19.4 Å².